The summed E-state index contributed by atoms with van der Waals surface area (Å²) in [6, 6.07) is 17.6. The van der Waals surface area contributed by atoms with E-state index < -0.39 is 0 Å². The summed E-state index contributed by atoms with van der Waals surface area (Å²) in [5.41, 5.74) is 7.17. The molecule has 0 fully saturated rings. The average Bonchev–Trinajstić information content (AvgIpc) is 3.10. The van der Waals surface area contributed by atoms with E-state index in [9.17, 15) is 0 Å². The second-order valence-electron chi connectivity index (χ2n) is 7.08. The number of para-hydroxylation sites is 1. The predicted molar refractivity (Wildman–Crippen MR) is 107 cm³/mol. The third-order valence-electron chi connectivity index (χ3n) is 5.33. The van der Waals surface area contributed by atoms with Gasteiger partial charge in [0.15, 0.2) is 0 Å². The molecule has 4 heteroatoms. The lowest BCUT2D eigenvalue weighted by Gasteiger charge is -2.30. The van der Waals surface area contributed by atoms with E-state index in [0.717, 1.165) is 37.3 Å². The van der Waals surface area contributed by atoms with E-state index in [-0.39, 0.29) is 0 Å². The number of fused-ring (bicyclic) bond motifs is 5. The fraction of sp³-hybridized carbons (Fsp3) is 0.364. The number of anilines is 1. The minimum absolute atomic E-state index is 0.317. The minimum atomic E-state index is 0.317. The number of nitrogens with zero attached hydrogens (tertiary/aromatic N) is 4. The van der Waals surface area contributed by atoms with Crippen LogP contribution in [-0.2, 0) is 6.54 Å². The summed E-state index contributed by atoms with van der Waals surface area (Å²) >= 11 is 0. The lowest BCUT2D eigenvalue weighted by atomic mass is 9.95. The van der Waals surface area contributed by atoms with Crippen molar-refractivity contribution in [3.05, 3.63) is 54.1 Å². The summed E-state index contributed by atoms with van der Waals surface area (Å²) in [5.74, 6) is 0. The maximum Gasteiger partial charge on any atom is 0.123 e. The van der Waals surface area contributed by atoms with Crippen molar-refractivity contribution < 1.29 is 0 Å². The van der Waals surface area contributed by atoms with Gasteiger partial charge in [0.1, 0.15) is 5.69 Å². The highest BCUT2D eigenvalue weighted by molar-refractivity contribution is 5.88. The van der Waals surface area contributed by atoms with E-state index in [1.807, 2.05) is 0 Å². The minimum Gasteiger partial charge on any atom is -0.367 e. The molecule has 26 heavy (non-hydrogen) atoms. The Morgan fingerprint density at radius 1 is 1.00 bits per heavy atom. The van der Waals surface area contributed by atoms with Gasteiger partial charge in [0.25, 0.3) is 0 Å². The van der Waals surface area contributed by atoms with Crippen LogP contribution in [0.15, 0.2) is 48.5 Å². The Kier molecular flexibility index (Phi) is 4.49. The molecular formula is C22H26N4. The molecule has 0 amide bonds. The van der Waals surface area contributed by atoms with Crippen LogP contribution < -0.4 is 4.90 Å². The zero-order valence-corrected chi connectivity index (χ0v) is 15.8. The highest BCUT2D eigenvalue weighted by Crippen LogP contribution is 2.41. The molecule has 0 radical (unpaired) electrons. The molecule has 1 aliphatic rings. The van der Waals surface area contributed by atoms with Crippen LogP contribution in [0.25, 0.3) is 22.5 Å². The van der Waals surface area contributed by atoms with Crippen molar-refractivity contribution in [3.63, 3.8) is 0 Å². The van der Waals surface area contributed by atoms with Crippen LogP contribution in [0.5, 0.6) is 0 Å². The highest BCUT2D eigenvalue weighted by Gasteiger charge is 2.27. The SMILES string of the molecule is CCCN1Cc2ccccc2-c2c(nnn2C(C)CC)-c2ccccc21. The summed E-state index contributed by atoms with van der Waals surface area (Å²) in [4.78, 5) is 2.47. The number of rotatable bonds is 4. The number of aromatic nitrogens is 3. The Balaban J connectivity index is 2.03. The first-order chi connectivity index (χ1) is 12.7. The largest absolute Gasteiger partial charge is 0.367 e. The molecular weight excluding hydrogens is 320 g/mol. The lowest BCUT2D eigenvalue weighted by molar-refractivity contribution is 0.468. The molecule has 0 N–H and O–H groups in total. The van der Waals surface area contributed by atoms with Gasteiger partial charge in [0, 0.05) is 29.9 Å². The Hall–Kier alpha value is -2.62. The zero-order chi connectivity index (χ0) is 18.1. The first-order valence-corrected chi connectivity index (χ1v) is 9.62. The molecule has 1 unspecified atom stereocenters. The van der Waals surface area contributed by atoms with Gasteiger partial charge in [0.05, 0.1) is 11.7 Å². The van der Waals surface area contributed by atoms with Crippen LogP contribution in [-0.4, -0.2) is 21.5 Å². The maximum absolute atomic E-state index is 4.65. The highest BCUT2D eigenvalue weighted by atomic mass is 15.4. The van der Waals surface area contributed by atoms with Gasteiger partial charge in [-0.2, -0.15) is 0 Å². The van der Waals surface area contributed by atoms with Gasteiger partial charge in [-0.05, 0) is 31.4 Å². The second kappa shape index (κ2) is 6.94. The van der Waals surface area contributed by atoms with Gasteiger partial charge in [-0.3, -0.25) is 0 Å². The normalized spacial score (nSPS) is 14.0. The van der Waals surface area contributed by atoms with Gasteiger partial charge in [-0.25, -0.2) is 4.68 Å². The Morgan fingerprint density at radius 3 is 2.50 bits per heavy atom. The second-order valence-corrected chi connectivity index (χ2v) is 7.08. The van der Waals surface area contributed by atoms with Gasteiger partial charge < -0.3 is 4.90 Å². The van der Waals surface area contributed by atoms with E-state index in [4.69, 9.17) is 0 Å². The fourth-order valence-corrected chi connectivity index (χ4v) is 3.81. The molecule has 0 saturated carbocycles. The molecule has 2 heterocycles. The van der Waals surface area contributed by atoms with E-state index >= 15 is 0 Å². The molecule has 1 aliphatic heterocycles. The average molecular weight is 346 g/mol. The van der Waals surface area contributed by atoms with E-state index in [2.05, 4.69) is 89.2 Å². The summed E-state index contributed by atoms with van der Waals surface area (Å²) in [6.07, 6.45) is 2.14. The van der Waals surface area contributed by atoms with Gasteiger partial charge >= 0.3 is 0 Å². The standard InChI is InChI=1S/C22H26N4/c1-4-14-25-15-17-10-6-7-11-18(17)22-21(19-12-8-9-13-20(19)25)23-24-26(22)16(3)5-2/h6-13,16H,4-5,14-15H2,1-3H3. The van der Waals surface area contributed by atoms with Crippen molar-refractivity contribution in [2.45, 2.75) is 46.2 Å². The van der Waals surface area contributed by atoms with Crippen LogP contribution in [0.1, 0.15) is 45.2 Å². The van der Waals surface area contributed by atoms with Crippen molar-refractivity contribution in [1.29, 1.82) is 0 Å². The van der Waals surface area contributed by atoms with Crippen molar-refractivity contribution >= 4 is 5.69 Å². The zero-order valence-electron chi connectivity index (χ0n) is 15.8. The van der Waals surface area contributed by atoms with Crippen LogP contribution >= 0.6 is 0 Å². The summed E-state index contributed by atoms with van der Waals surface area (Å²) in [6.45, 7) is 8.58. The molecule has 2 aromatic carbocycles. The van der Waals surface area contributed by atoms with Gasteiger partial charge in [-0.1, -0.05) is 61.5 Å². The molecule has 3 aromatic rings. The molecule has 0 saturated heterocycles. The van der Waals surface area contributed by atoms with Crippen molar-refractivity contribution in [2.24, 2.45) is 0 Å². The molecule has 4 rings (SSSR count). The maximum atomic E-state index is 4.65. The number of hydrogen-bond acceptors (Lipinski definition) is 3. The predicted octanol–water partition coefficient (Wildman–Crippen LogP) is 5.31. The number of hydrogen-bond donors (Lipinski definition) is 0. The van der Waals surface area contributed by atoms with E-state index in [1.54, 1.807) is 0 Å². The monoisotopic (exact) mass is 346 g/mol. The first kappa shape index (κ1) is 16.8. The van der Waals surface area contributed by atoms with E-state index in [1.165, 1.54) is 22.4 Å². The Labute approximate surface area is 155 Å². The third-order valence-corrected chi connectivity index (χ3v) is 5.33. The smallest absolute Gasteiger partial charge is 0.123 e. The molecule has 0 bridgehead atoms. The molecule has 0 spiro atoms. The fourth-order valence-electron chi connectivity index (χ4n) is 3.81. The molecule has 0 aliphatic carbocycles. The lowest BCUT2D eigenvalue weighted by Crippen LogP contribution is -2.25. The molecule has 1 aromatic heterocycles. The van der Waals surface area contributed by atoms with Crippen LogP contribution in [0.3, 0.4) is 0 Å². The molecule has 4 nitrogen and oxygen atoms in total. The Morgan fingerprint density at radius 2 is 1.73 bits per heavy atom. The quantitative estimate of drug-likeness (QED) is 0.642. The van der Waals surface area contributed by atoms with Gasteiger partial charge in [-0.15, -0.1) is 5.10 Å². The first-order valence-electron chi connectivity index (χ1n) is 9.62. The third kappa shape index (κ3) is 2.70. The summed E-state index contributed by atoms with van der Waals surface area (Å²) in [7, 11) is 0. The van der Waals surface area contributed by atoms with Crippen molar-refractivity contribution in [2.75, 3.05) is 11.4 Å². The van der Waals surface area contributed by atoms with Gasteiger partial charge in [0.2, 0.25) is 0 Å². The summed E-state index contributed by atoms with van der Waals surface area (Å²) < 4.78 is 2.11. The van der Waals surface area contributed by atoms with Crippen LogP contribution in [0.2, 0.25) is 0 Å². The van der Waals surface area contributed by atoms with Crippen LogP contribution in [0, 0.1) is 0 Å². The van der Waals surface area contributed by atoms with Crippen molar-refractivity contribution in [3.8, 4) is 22.5 Å². The topological polar surface area (TPSA) is 34.0 Å². The van der Waals surface area contributed by atoms with Crippen molar-refractivity contribution in [1.82, 2.24) is 15.0 Å². The Bertz CT molecular complexity index is 912. The molecule has 1 atom stereocenters. The van der Waals surface area contributed by atoms with Crippen LogP contribution in [0.4, 0.5) is 5.69 Å². The summed E-state index contributed by atoms with van der Waals surface area (Å²) in [5, 5.41) is 9.22. The van der Waals surface area contributed by atoms with E-state index in [0.29, 0.717) is 6.04 Å². The number of benzene rings is 2. The molecule has 134 valence electrons.